The van der Waals surface area contributed by atoms with E-state index in [2.05, 4.69) is 9.62 Å². The fraction of sp³-hybridized carbons (Fsp3) is 0.929. The number of carbonyl (C=O) groups is 1. The molecule has 1 N–H and O–H groups in total. The maximum absolute atomic E-state index is 12.0. The highest BCUT2D eigenvalue weighted by molar-refractivity contribution is 7.89. The first-order valence-corrected chi connectivity index (χ1v) is 9.51. The predicted molar refractivity (Wildman–Crippen MR) is 80.4 cm³/mol. The highest BCUT2D eigenvalue weighted by Crippen LogP contribution is 2.30. The number of likely N-dealkylation sites (tertiary alicyclic amines) is 1. The van der Waals surface area contributed by atoms with E-state index in [0.29, 0.717) is 13.0 Å². The Morgan fingerprint density at radius 1 is 1.33 bits per heavy atom. The minimum Gasteiger partial charge on any atom is -0.466 e. The highest BCUT2D eigenvalue weighted by Gasteiger charge is 2.30. The second-order valence-corrected chi connectivity index (χ2v) is 7.91. The Bertz CT molecular complexity index is 448. The maximum Gasteiger partial charge on any atom is 0.305 e. The zero-order valence-electron chi connectivity index (χ0n) is 12.7. The van der Waals surface area contributed by atoms with Gasteiger partial charge in [-0.1, -0.05) is 0 Å². The minimum absolute atomic E-state index is 0.00899. The summed E-state index contributed by atoms with van der Waals surface area (Å²) >= 11 is 0. The van der Waals surface area contributed by atoms with Crippen LogP contribution >= 0.6 is 0 Å². The lowest BCUT2D eigenvalue weighted by Gasteiger charge is -2.16. The fourth-order valence-corrected chi connectivity index (χ4v) is 4.06. The lowest BCUT2D eigenvalue weighted by atomic mass is 10.3. The van der Waals surface area contributed by atoms with Gasteiger partial charge in [0.1, 0.15) is 0 Å². The third-order valence-electron chi connectivity index (χ3n) is 3.93. The molecule has 1 heterocycles. The number of nitrogens with one attached hydrogen (secondary N) is 1. The number of hydrogen-bond acceptors (Lipinski definition) is 5. The summed E-state index contributed by atoms with van der Waals surface area (Å²) in [7, 11) is -3.30. The minimum atomic E-state index is -3.30. The summed E-state index contributed by atoms with van der Waals surface area (Å²) in [5.41, 5.74) is 0. The van der Waals surface area contributed by atoms with Gasteiger partial charge in [-0.25, -0.2) is 13.1 Å². The third kappa shape index (κ3) is 6.32. The van der Waals surface area contributed by atoms with Crippen LogP contribution in [-0.4, -0.2) is 57.3 Å². The molecule has 122 valence electrons. The van der Waals surface area contributed by atoms with Crippen molar-refractivity contribution in [2.75, 3.05) is 32.0 Å². The normalized spacial score (nSPS) is 23.4. The van der Waals surface area contributed by atoms with Gasteiger partial charge in [-0.2, -0.15) is 0 Å². The van der Waals surface area contributed by atoms with Crippen LogP contribution in [0.2, 0.25) is 0 Å². The van der Waals surface area contributed by atoms with Crippen LogP contribution in [-0.2, 0) is 19.6 Å². The second kappa shape index (κ2) is 7.56. The molecule has 0 amide bonds. The molecule has 1 aliphatic heterocycles. The van der Waals surface area contributed by atoms with Crippen LogP contribution in [0.1, 0.15) is 39.0 Å². The summed E-state index contributed by atoms with van der Waals surface area (Å²) in [5, 5.41) is 0. The number of esters is 1. The molecule has 2 fully saturated rings. The first-order chi connectivity index (χ1) is 9.98. The zero-order chi connectivity index (χ0) is 15.3. The number of rotatable bonds is 9. The summed E-state index contributed by atoms with van der Waals surface area (Å²) in [5.74, 6) is 0.499. The number of nitrogens with zero attached hydrogens (tertiary/aromatic N) is 1. The van der Waals surface area contributed by atoms with Gasteiger partial charge in [0.05, 0.1) is 12.4 Å². The summed E-state index contributed by atoms with van der Waals surface area (Å²) in [6, 6.07) is 0.0244. The van der Waals surface area contributed by atoms with Crippen molar-refractivity contribution in [2.45, 2.75) is 45.1 Å². The predicted octanol–water partition coefficient (Wildman–Crippen LogP) is 0.733. The molecule has 1 saturated carbocycles. The summed E-state index contributed by atoms with van der Waals surface area (Å²) in [6.07, 6.45) is 3.99. The molecule has 2 aliphatic rings. The van der Waals surface area contributed by atoms with Crippen molar-refractivity contribution >= 4 is 16.0 Å². The fourth-order valence-electron chi connectivity index (χ4n) is 2.71. The number of hydrogen-bond donors (Lipinski definition) is 1. The molecule has 0 aromatic rings. The largest absolute Gasteiger partial charge is 0.466 e. The van der Waals surface area contributed by atoms with E-state index in [1.807, 2.05) is 0 Å². The van der Waals surface area contributed by atoms with Crippen LogP contribution in [0.5, 0.6) is 0 Å². The Kier molecular flexibility index (Phi) is 6.01. The molecule has 1 aliphatic carbocycles. The number of carbonyl (C=O) groups excluding carboxylic acids is 1. The third-order valence-corrected chi connectivity index (χ3v) is 5.45. The standard InChI is InChI=1S/C14H26N2O4S/c1-2-20-14(17)4-3-9-21(18,19)15-13-7-8-16(11-13)10-12-5-6-12/h12-13,15H,2-11H2,1H3. The molecule has 1 atom stereocenters. The van der Waals surface area contributed by atoms with Crippen molar-refractivity contribution in [3.05, 3.63) is 0 Å². The topological polar surface area (TPSA) is 75.7 Å². The van der Waals surface area contributed by atoms with E-state index in [1.165, 1.54) is 12.8 Å². The van der Waals surface area contributed by atoms with Gasteiger partial charge in [-0.15, -0.1) is 0 Å². The van der Waals surface area contributed by atoms with Crippen molar-refractivity contribution in [1.29, 1.82) is 0 Å². The molecule has 21 heavy (non-hydrogen) atoms. The van der Waals surface area contributed by atoms with Gasteiger partial charge in [-0.05, 0) is 45.1 Å². The number of sulfonamides is 1. The molecule has 1 unspecified atom stereocenters. The summed E-state index contributed by atoms with van der Waals surface area (Å²) < 4.78 is 31.5. The lowest BCUT2D eigenvalue weighted by Crippen LogP contribution is -2.38. The molecule has 6 nitrogen and oxygen atoms in total. The average Bonchev–Trinajstić information content (AvgIpc) is 3.09. The van der Waals surface area contributed by atoms with Crippen LogP contribution in [0.15, 0.2) is 0 Å². The van der Waals surface area contributed by atoms with Gasteiger partial charge in [-0.3, -0.25) is 4.79 Å². The molecule has 0 aromatic heterocycles. The van der Waals surface area contributed by atoms with E-state index in [0.717, 1.165) is 32.0 Å². The van der Waals surface area contributed by atoms with Crippen LogP contribution < -0.4 is 4.72 Å². The van der Waals surface area contributed by atoms with Crippen LogP contribution in [0, 0.1) is 5.92 Å². The Labute approximate surface area is 127 Å². The molecule has 0 radical (unpaired) electrons. The van der Waals surface area contributed by atoms with Gasteiger partial charge < -0.3 is 9.64 Å². The van der Waals surface area contributed by atoms with Crippen molar-refractivity contribution in [2.24, 2.45) is 5.92 Å². The lowest BCUT2D eigenvalue weighted by molar-refractivity contribution is -0.143. The summed E-state index contributed by atoms with van der Waals surface area (Å²) in [4.78, 5) is 13.5. The highest BCUT2D eigenvalue weighted by atomic mass is 32.2. The molecule has 1 saturated heterocycles. The van der Waals surface area contributed by atoms with E-state index in [-0.39, 0.29) is 24.2 Å². The first-order valence-electron chi connectivity index (χ1n) is 7.86. The van der Waals surface area contributed by atoms with E-state index in [9.17, 15) is 13.2 Å². The van der Waals surface area contributed by atoms with Crippen molar-refractivity contribution in [3.63, 3.8) is 0 Å². The first kappa shape index (κ1) is 16.7. The second-order valence-electron chi connectivity index (χ2n) is 6.03. The van der Waals surface area contributed by atoms with Gasteiger partial charge >= 0.3 is 5.97 Å². The van der Waals surface area contributed by atoms with E-state index in [4.69, 9.17) is 4.74 Å². The SMILES string of the molecule is CCOC(=O)CCCS(=O)(=O)NC1CCN(CC2CC2)C1. The smallest absolute Gasteiger partial charge is 0.305 e. The Morgan fingerprint density at radius 2 is 2.10 bits per heavy atom. The van der Waals surface area contributed by atoms with E-state index in [1.54, 1.807) is 6.92 Å². The molecule has 7 heteroatoms. The molecule has 0 bridgehead atoms. The van der Waals surface area contributed by atoms with Crippen molar-refractivity contribution < 1.29 is 17.9 Å². The van der Waals surface area contributed by atoms with Crippen LogP contribution in [0.4, 0.5) is 0 Å². The molecular formula is C14H26N2O4S. The maximum atomic E-state index is 12.0. The number of ether oxygens (including phenoxy) is 1. The van der Waals surface area contributed by atoms with Gasteiger partial charge in [0.2, 0.25) is 10.0 Å². The molecule has 2 rings (SSSR count). The molecule has 0 aromatic carbocycles. The Morgan fingerprint density at radius 3 is 2.76 bits per heavy atom. The zero-order valence-corrected chi connectivity index (χ0v) is 13.5. The molecule has 0 spiro atoms. The average molecular weight is 318 g/mol. The van der Waals surface area contributed by atoms with E-state index < -0.39 is 10.0 Å². The van der Waals surface area contributed by atoms with Crippen molar-refractivity contribution in [3.8, 4) is 0 Å². The van der Waals surface area contributed by atoms with Crippen molar-refractivity contribution in [1.82, 2.24) is 9.62 Å². The summed E-state index contributed by atoms with van der Waals surface area (Å²) in [6.45, 7) is 4.98. The van der Waals surface area contributed by atoms with Crippen LogP contribution in [0.25, 0.3) is 0 Å². The van der Waals surface area contributed by atoms with Gasteiger partial charge in [0, 0.05) is 25.6 Å². The van der Waals surface area contributed by atoms with Gasteiger partial charge in [0.25, 0.3) is 0 Å². The molecular weight excluding hydrogens is 292 g/mol. The van der Waals surface area contributed by atoms with Crippen LogP contribution in [0.3, 0.4) is 0 Å². The van der Waals surface area contributed by atoms with E-state index >= 15 is 0 Å². The quantitative estimate of drug-likeness (QED) is 0.634. The Hall–Kier alpha value is -0.660. The van der Waals surface area contributed by atoms with Gasteiger partial charge in [0.15, 0.2) is 0 Å². The monoisotopic (exact) mass is 318 g/mol. The Balaban J connectivity index is 1.65.